The lowest BCUT2D eigenvalue weighted by Crippen LogP contribution is -1.98. The number of pyridine rings is 1. The van der Waals surface area contributed by atoms with Crippen LogP contribution in [0.25, 0.3) is 16.9 Å². The highest BCUT2D eigenvalue weighted by Gasteiger charge is 2.14. The van der Waals surface area contributed by atoms with E-state index in [9.17, 15) is 9.90 Å². The van der Waals surface area contributed by atoms with Crippen molar-refractivity contribution in [3.05, 3.63) is 58.8 Å². The highest BCUT2D eigenvalue weighted by atomic mass is 79.9. The topological polar surface area (TPSA) is 54.6 Å². The van der Waals surface area contributed by atoms with E-state index in [4.69, 9.17) is 0 Å². The van der Waals surface area contributed by atoms with E-state index < -0.39 is 5.97 Å². The van der Waals surface area contributed by atoms with Gasteiger partial charge >= 0.3 is 5.97 Å². The average molecular weight is 317 g/mol. The minimum absolute atomic E-state index is 0.252. The van der Waals surface area contributed by atoms with Gasteiger partial charge in [0, 0.05) is 18.0 Å². The van der Waals surface area contributed by atoms with Crippen molar-refractivity contribution in [2.45, 2.75) is 0 Å². The Morgan fingerprint density at radius 1 is 1.21 bits per heavy atom. The van der Waals surface area contributed by atoms with E-state index in [0.29, 0.717) is 11.3 Å². The minimum atomic E-state index is -0.952. The Morgan fingerprint density at radius 3 is 2.74 bits per heavy atom. The summed E-state index contributed by atoms with van der Waals surface area (Å²) in [5.41, 5.74) is 2.27. The molecule has 0 atom stereocenters. The third-order valence-corrected chi connectivity index (χ3v) is 3.49. The third-order valence-electron chi connectivity index (χ3n) is 2.87. The molecule has 0 spiro atoms. The van der Waals surface area contributed by atoms with Gasteiger partial charge in [0.1, 0.15) is 0 Å². The molecule has 0 amide bonds. The van der Waals surface area contributed by atoms with Crippen LogP contribution in [0.1, 0.15) is 10.4 Å². The number of hydrogen-bond acceptors (Lipinski definition) is 2. The fraction of sp³-hybridized carbons (Fsp3) is 0. The first-order valence-corrected chi connectivity index (χ1v) is 6.42. The number of rotatable bonds is 2. The number of halogens is 1. The second-order valence-electron chi connectivity index (χ2n) is 4.06. The first-order valence-electron chi connectivity index (χ1n) is 5.63. The van der Waals surface area contributed by atoms with Crippen LogP contribution in [-0.4, -0.2) is 20.5 Å². The highest BCUT2D eigenvalue weighted by molar-refractivity contribution is 9.10. The molecular weight excluding hydrogens is 308 g/mol. The maximum atomic E-state index is 11.2. The van der Waals surface area contributed by atoms with Crippen LogP contribution in [0.15, 0.2) is 53.3 Å². The summed E-state index contributed by atoms with van der Waals surface area (Å²) in [5, 5.41) is 9.21. The Bertz CT molecular complexity index is 780. The highest BCUT2D eigenvalue weighted by Crippen LogP contribution is 2.25. The van der Waals surface area contributed by atoms with Crippen LogP contribution in [0, 0.1) is 0 Å². The van der Waals surface area contributed by atoms with Crippen LogP contribution < -0.4 is 0 Å². The van der Waals surface area contributed by atoms with Gasteiger partial charge in [0.25, 0.3) is 0 Å². The molecule has 19 heavy (non-hydrogen) atoms. The largest absolute Gasteiger partial charge is 0.478 e. The molecule has 0 aliphatic heterocycles. The lowest BCUT2D eigenvalue weighted by molar-refractivity contribution is 0.0697. The summed E-state index contributed by atoms with van der Waals surface area (Å²) in [6.07, 6.45) is 3.70. The molecule has 0 saturated carbocycles. The van der Waals surface area contributed by atoms with Crippen molar-refractivity contribution in [3.8, 4) is 11.3 Å². The Labute approximate surface area is 117 Å². The number of hydrogen-bond donors (Lipinski definition) is 1. The summed E-state index contributed by atoms with van der Waals surface area (Å²) in [5.74, 6) is -0.952. The van der Waals surface area contributed by atoms with Gasteiger partial charge in [0.2, 0.25) is 0 Å². The SMILES string of the molecule is O=C(O)c1ccccc1-c1cn2cccc(Br)c2n1. The Morgan fingerprint density at radius 2 is 2.00 bits per heavy atom. The van der Waals surface area contributed by atoms with E-state index in [0.717, 1.165) is 10.1 Å². The lowest BCUT2D eigenvalue weighted by atomic mass is 10.1. The second kappa shape index (κ2) is 4.51. The molecule has 4 nitrogen and oxygen atoms in total. The number of benzene rings is 1. The number of aromatic carboxylic acids is 1. The lowest BCUT2D eigenvalue weighted by Gasteiger charge is -2.01. The fourth-order valence-corrected chi connectivity index (χ4v) is 2.45. The number of imidazole rings is 1. The monoisotopic (exact) mass is 316 g/mol. The summed E-state index contributed by atoms with van der Waals surface area (Å²) in [6.45, 7) is 0. The molecule has 0 bridgehead atoms. The molecule has 3 aromatic rings. The average Bonchev–Trinajstić information content (AvgIpc) is 2.84. The Kier molecular flexibility index (Phi) is 2.83. The summed E-state index contributed by atoms with van der Waals surface area (Å²) in [6, 6.07) is 10.6. The van der Waals surface area contributed by atoms with Crippen molar-refractivity contribution in [2.75, 3.05) is 0 Å². The predicted octanol–water partition coefficient (Wildman–Crippen LogP) is 3.46. The van der Waals surface area contributed by atoms with Gasteiger partial charge in [-0.25, -0.2) is 9.78 Å². The van der Waals surface area contributed by atoms with Gasteiger partial charge in [-0.3, -0.25) is 0 Å². The number of fused-ring (bicyclic) bond motifs is 1. The van der Waals surface area contributed by atoms with Gasteiger partial charge in [0.15, 0.2) is 5.65 Å². The summed E-state index contributed by atoms with van der Waals surface area (Å²) in [7, 11) is 0. The van der Waals surface area contributed by atoms with Gasteiger partial charge < -0.3 is 9.51 Å². The van der Waals surface area contributed by atoms with Gasteiger partial charge in [-0.2, -0.15) is 0 Å². The first-order chi connectivity index (χ1) is 9.16. The molecular formula is C14H9BrN2O2. The molecule has 3 rings (SSSR count). The van der Waals surface area contributed by atoms with E-state index in [2.05, 4.69) is 20.9 Å². The van der Waals surface area contributed by atoms with Crippen molar-refractivity contribution < 1.29 is 9.90 Å². The van der Waals surface area contributed by atoms with Crippen LogP contribution in [-0.2, 0) is 0 Å². The molecule has 0 unspecified atom stereocenters. The standard InChI is InChI=1S/C14H9BrN2O2/c15-11-6-3-7-17-8-12(16-13(11)17)9-4-1-2-5-10(9)14(18)19/h1-8H,(H,18,19). The summed E-state index contributed by atoms with van der Waals surface area (Å²) < 4.78 is 2.73. The third kappa shape index (κ3) is 2.02. The maximum Gasteiger partial charge on any atom is 0.336 e. The fourth-order valence-electron chi connectivity index (χ4n) is 2.00. The van der Waals surface area contributed by atoms with E-state index in [-0.39, 0.29) is 5.56 Å². The Hall–Kier alpha value is -2.14. The van der Waals surface area contributed by atoms with Crippen LogP contribution in [0.2, 0.25) is 0 Å². The molecule has 0 radical (unpaired) electrons. The molecule has 0 aliphatic rings. The van der Waals surface area contributed by atoms with E-state index in [1.165, 1.54) is 0 Å². The van der Waals surface area contributed by atoms with Gasteiger partial charge in [-0.1, -0.05) is 18.2 Å². The molecule has 5 heteroatoms. The summed E-state index contributed by atoms with van der Waals surface area (Å²) >= 11 is 3.43. The van der Waals surface area contributed by atoms with E-state index >= 15 is 0 Å². The van der Waals surface area contributed by atoms with Gasteiger partial charge in [-0.05, 0) is 34.1 Å². The zero-order valence-corrected chi connectivity index (χ0v) is 11.3. The van der Waals surface area contributed by atoms with E-state index in [1.54, 1.807) is 24.3 Å². The number of carboxylic acid groups (broad SMARTS) is 1. The van der Waals surface area contributed by atoms with E-state index in [1.807, 2.05) is 28.9 Å². The van der Waals surface area contributed by atoms with Crippen molar-refractivity contribution in [1.82, 2.24) is 9.38 Å². The number of carboxylic acids is 1. The molecule has 0 saturated heterocycles. The molecule has 1 aromatic carbocycles. The molecule has 2 aromatic heterocycles. The van der Waals surface area contributed by atoms with Gasteiger partial charge in [-0.15, -0.1) is 0 Å². The molecule has 0 fully saturated rings. The quantitative estimate of drug-likeness (QED) is 0.787. The zero-order chi connectivity index (χ0) is 13.4. The van der Waals surface area contributed by atoms with Gasteiger partial charge in [0.05, 0.1) is 15.7 Å². The van der Waals surface area contributed by atoms with Crippen LogP contribution in [0.3, 0.4) is 0 Å². The number of carbonyl (C=O) groups is 1. The van der Waals surface area contributed by atoms with Crippen LogP contribution in [0.5, 0.6) is 0 Å². The second-order valence-corrected chi connectivity index (χ2v) is 4.92. The minimum Gasteiger partial charge on any atom is -0.478 e. The van der Waals surface area contributed by atoms with Crippen LogP contribution in [0.4, 0.5) is 0 Å². The number of aromatic nitrogens is 2. The molecule has 1 N–H and O–H groups in total. The zero-order valence-electron chi connectivity index (χ0n) is 9.75. The van der Waals surface area contributed by atoms with Crippen molar-refractivity contribution in [3.63, 3.8) is 0 Å². The smallest absolute Gasteiger partial charge is 0.336 e. The maximum absolute atomic E-state index is 11.2. The van der Waals surface area contributed by atoms with Crippen molar-refractivity contribution in [2.24, 2.45) is 0 Å². The molecule has 94 valence electrons. The summed E-state index contributed by atoms with van der Waals surface area (Å²) in [4.78, 5) is 15.7. The normalized spacial score (nSPS) is 10.8. The Balaban J connectivity index is 2.25. The van der Waals surface area contributed by atoms with Crippen LogP contribution >= 0.6 is 15.9 Å². The molecule has 2 heterocycles. The van der Waals surface area contributed by atoms with Crippen molar-refractivity contribution >= 4 is 27.5 Å². The first kappa shape index (κ1) is 11.9. The number of nitrogens with zero attached hydrogens (tertiary/aromatic N) is 2. The predicted molar refractivity (Wildman–Crippen MR) is 75.3 cm³/mol. The molecule has 0 aliphatic carbocycles. The van der Waals surface area contributed by atoms with Crippen molar-refractivity contribution in [1.29, 1.82) is 0 Å².